The predicted octanol–water partition coefficient (Wildman–Crippen LogP) is 2.44. The zero-order chi connectivity index (χ0) is 13.2. The number of halogens is 2. The molecule has 0 spiro atoms. The number of anilines is 1. The van der Waals surface area contributed by atoms with Crippen LogP contribution < -0.4 is 10.6 Å². The van der Waals surface area contributed by atoms with Crippen LogP contribution in [0.3, 0.4) is 0 Å². The Kier molecular flexibility index (Phi) is 3.61. The third-order valence-electron chi connectivity index (χ3n) is 3.30. The molecule has 98 valence electrons. The van der Waals surface area contributed by atoms with Crippen LogP contribution in [-0.2, 0) is 4.79 Å². The highest BCUT2D eigenvalue weighted by Crippen LogP contribution is 2.22. The van der Waals surface area contributed by atoms with Gasteiger partial charge in [-0.3, -0.25) is 4.79 Å². The summed E-state index contributed by atoms with van der Waals surface area (Å²) in [6, 6.07) is 3.11. The van der Waals surface area contributed by atoms with Gasteiger partial charge < -0.3 is 10.6 Å². The molecule has 1 amide bonds. The topological polar surface area (TPSA) is 41.1 Å². The first-order valence-electron chi connectivity index (χ1n) is 6.03. The number of hydrogen-bond donors (Lipinski definition) is 2. The van der Waals surface area contributed by atoms with Crippen LogP contribution in [0, 0.1) is 11.6 Å². The van der Waals surface area contributed by atoms with E-state index in [0.717, 1.165) is 31.5 Å². The van der Waals surface area contributed by atoms with Gasteiger partial charge in [-0.05, 0) is 44.9 Å². The second kappa shape index (κ2) is 5.02. The first kappa shape index (κ1) is 13.0. The first-order chi connectivity index (χ1) is 8.51. The molecule has 0 aliphatic carbocycles. The van der Waals surface area contributed by atoms with Crippen LogP contribution in [0.2, 0.25) is 0 Å². The SMILES string of the molecule is CC1(C(=O)Nc2ccc(F)cc2F)CCCCN1. The molecule has 18 heavy (non-hydrogen) atoms. The molecular weight excluding hydrogens is 238 g/mol. The van der Waals surface area contributed by atoms with Crippen molar-refractivity contribution < 1.29 is 13.6 Å². The van der Waals surface area contributed by atoms with Gasteiger partial charge in [-0.15, -0.1) is 0 Å². The van der Waals surface area contributed by atoms with E-state index in [-0.39, 0.29) is 11.6 Å². The van der Waals surface area contributed by atoms with Crippen molar-refractivity contribution in [2.24, 2.45) is 0 Å². The van der Waals surface area contributed by atoms with Crippen LogP contribution in [0.4, 0.5) is 14.5 Å². The van der Waals surface area contributed by atoms with Crippen molar-refractivity contribution in [3.63, 3.8) is 0 Å². The molecular formula is C13H16F2N2O. The van der Waals surface area contributed by atoms with E-state index in [1.807, 2.05) is 0 Å². The second-order valence-electron chi connectivity index (χ2n) is 4.79. The monoisotopic (exact) mass is 254 g/mol. The summed E-state index contributed by atoms with van der Waals surface area (Å²) in [5, 5.41) is 5.64. The fourth-order valence-electron chi connectivity index (χ4n) is 2.10. The fourth-order valence-corrected chi connectivity index (χ4v) is 2.10. The van der Waals surface area contributed by atoms with Crippen molar-refractivity contribution in [3.8, 4) is 0 Å². The standard InChI is InChI=1S/C13H16F2N2O/c1-13(6-2-3-7-16-13)12(18)17-11-5-4-9(14)8-10(11)15/h4-5,8,16H,2-3,6-7H2,1H3,(H,17,18). The summed E-state index contributed by atoms with van der Waals surface area (Å²) in [6.07, 6.45) is 2.71. The second-order valence-corrected chi connectivity index (χ2v) is 4.79. The van der Waals surface area contributed by atoms with Gasteiger partial charge in [0.15, 0.2) is 0 Å². The Morgan fingerprint density at radius 1 is 1.39 bits per heavy atom. The van der Waals surface area contributed by atoms with Crippen molar-refractivity contribution in [2.45, 2.75) is 31.7 Å². The molecule has 1 aliphatic rings. The van der Waals surface area contributed by atoms with Crippen LogP contribution >= 0.6 is 0 Å². The summed E-state index contributed by atoms with van der Waals surface area (Å²) in [5.74, 6) is -1.71. The average molecular weight is 254 g/mol. The van der Waals surface area contributed by atoms with Gasteiger partial charge in [0.1, 0.15) is 11.6 Å². The number of rotatable bonds is 2. The van der Waals surface area contributed by atoms with E-state index in [2.05, 4.69) is 10.6 Å². The van der Waals surface area contributed by atoms with E-state index < -0.39 is 17.2 Å². The zero-order valence-electron chi connectivity index (χ0n) is 10.2. The molecule has 2 rings (SSSR count). The molecule has 0 aromatic heterocycles. The summed E-state index contributed by atoms with van der Waals surface area (Å²) in [4.78, 5) is 12.1. The van der Waals surface area contributed by atoms with Crippen LogP contribution in [0.1, 0.15) is 26.2 Å². The molecule has 5 heteroatoms. The number of hydrogen-bond acceptors (Lipinski definition) is 2. The fraction of sp³-hybridized carbons (Fsp3) is 0.462. The number of carbonyl (C=O) groups excluding carboxylic acids is 1. The van der Waals surface area contributed by atoms with Gasteiger partial charge in [0.2, 0.25) is 5.91 Å². The van der Waals surface area contributed by atoms with Gasteiger partial charge in [-0.1, -0.05) is 0 Å². The highest BCUT2D eigenvalue weighted by atomic mass is 19.1. The van der Waals surface area contributed by atoms with E-state index in [1.165, 1.54) is 6.07 Å². The minimum absolute atomic E-state index is 0.00926. The lowest BCUT2D eigenvalue weighted by atomic mass is 9.90. The predicted molar refractivity (Wildman–Crippen MR) is 65.2 cm³/mol. The molecule has 3 nitrogen and oxygen atoms in total. The lowest BCUT2D eigenvalue weighted by molar-refractivity contribution is -0.122. The largest absolute Gasteiger partial charge is 0.322 e. The summed E-state index contributed by atoms with van der Waals surface area (Å²) >= 11 is 0. The number of benzene rings is 1. The molecule has 1 unspecified atom stereocenters. The smallest absolute Gasteiger partial charge is 0.244 e. The zero-order valence-corrected chi connectivity index (χ0v) is 10.2. The van der Waals surface area contributed by atoms with E-state index in [0.29, 0.717) is 6.42 Å². The van der Waals surface area contributed by atoms with Crippen LogP contribution in [0.25, 0.3) is 0 Å². The highest BCUT2D eigenvalue weighted by molar-refractivity contribution is 5.98. The number of amides is 1. The van der Waals surface area contributed by atoms with Crippen molar-refractivity contribution in [2.75, 3.05) is 11.9 Å². The van der Waals surface area contributed by atoms with Crippen molar-refractivity contribution in [1.82, 2.24) is 5.32 Å². The van der Waals surface area contributed by atoms with Crippen LogP contribution in [0.5, 0.6) is 0 Å². The third-order valence-corrected chi connectivity index (χ3v) is 3.30. The molecule has 0 saturated carbocycles. The van der Waals surface area contributed by atoms with Gasteiger partial charge in [-0.2, -0.15) is 0 Å². The summed E-state index contributed by atoms with van der Waals surface area (Å²) in [7, 11) is 0. The maximum Gasteiger partial charge on any atom is 0.244 e. The van der Waals surface area contributed by atoms with Crippen molar-refractivity contribution >= 4 is 11.6 Å². The molecule has 1 aromatic rings. The van der Waals surface area contributed by atoms with Gasteiger partial charge in [0.25, 0.3) is 0 Å². The molecule has 0 bridgehead atoms. The number of piperidine rings is 1. The molecule has 1 atom stereocenters. The van der Waals surface area contributed by atoms with Crippen LogP contribution in [0.15, 0.2) is 18.2 Å². The minimum atomic E-state index is -0.761. The maximum atomic E-state index is 13.4. The Hall–Kier alpha value is -1.49. The molecule has 1 aromatic carbocycles. The number of nitrogens with one attached hydrogen (secondary N) is 2. The number of carbonyl (C=O) groups is 1. The quantitative estimate of drug-likeness (QED) is 0.851. The van der Waals surface area contributed by atoms with Gasteiger partial charge >= 0.3 is 0 Å². The Labute approximate surface area is 105 Å². The average Bonchev–Trinajstić information content (AvgIpc) is 2.33. The Morgan fingerprint density at radius 3 is 2.78 bits per heavy atom. The van der Waals surface area contributed by atoms with Gasteiger partial charge in [0, 0.05) is 6.07 Å². The molecule has 1 heterocycles. The normalized spacial score (nSPS) is 23.7. The molecule has 1 fully saturated rings. The molecule has 0 radical (unpaired) electrons. The Bertz CT molecular complexity index is 456. The summed E-state index contributed by atoms with van der Waals surface area (Å²) in [6.45, 7) is 2.57. The van der Waals surface area contributed by atoms with E-state index in [1.54, 1.807) is 6.92 Å². The van der Waals surface area contributed by atoms with E-state index in [4.69, 9.17) is 0 Å². The third kappa shape index (κ3) is 2.67. The van der Waals surface area contributed by atoms with E-state index >= 15 is 0 Å². The Balaban J connectivity index is 2.11. The molecule has 1 aliphatic heterocycles. The Morgan fingerprint density at radius 2 is 2.17 bits per heavy atom. The lowest BCUT2D eigenvalue weighted by Crippen LogP contribution is -2.54. The maximum absolute atomic E-state index is 13.4. The molecule has 1 saturated heterocycles. The summed E-state index contributed by atoms with van der Waals surface area (Å²) in [5.41, 5.74) is -0.672. The minimum Gasteiger partial charge on any atom is -0.322 e. The highest BCUT2D eigenvalue weighted by Gasteiger charge is 2.34. The van der Waals surface area contributed by atoms with Gasteiger partial charge in [0.05, 0.1) is 11.2 Å². The first-order valence-corrected chi connectivity index (χ1v) is 6.03. The van der Waals surface area contributed by atoms with Crippen molar-refractivity contribution in [1.29, 1.82) is 0 Å². The van der Waals surface area contributed by atoms with Crippen molar-refractivity contribution in [3.05, 3.63) is 29.8 Å². The lowest BCUT2D eigenvalue weighted by Gasteiger charge is -2.33. The molecule has 2 N–H and O–H groups in total. The van der Waals surface area contributed by atoms with Gasteiger partial charge in [-0.25, -0.2) is 8.78 Å². The van der Waals surface area contributed by atoms with E-state index in [9.17, 15) is 13.6 Å². The summed E-state index contributed by atoms with van der Waals surface area (Å²) < 4.78 is 26.2. The van der Waals surface area contributed by atoms with Crippen LogP contribution in [-0.4, -0.2) is 18.0 Å².